The lowest BCUT2D eigenvalue weighted by Gasteiger charge is -2.15. The van der Waals surface area contributed by atoms with Crippen LogP contribution in [0.1, 0.15) is 43.9 Å². The number of esters is 1. The number of nitrogens with one attached hydrogen (secondary N) is 1. The molecule has 1 N–H and O–H groups in total. The van der Waals surface area contributed by atoms with Gasteiger partial charge in [-0.05, 0) is 43.2 Å². The predicted molar refractivity (Wildman–Crippen MR) is 100 cm³/mol. The molecular weight excluding hydrogens is 384 g/mol. The number of carbonyl (C=O) groups is 4. The van der Waals surface area contributed by atoms with E-state index < -0.39 is 24.4 Å². The molecule has 7 nitrogen and oxygen atoms in total. The monoisotopic (exact) mass is 398 g/mol. The van der Waals surface area contributed by atoms with Crippen LogP contribution in [0.4, 0.5) is 5.69 Å². The van der Waals surface area contributed by atoms with E-state index in [1.54, 1.807) is 24.3 Å². The number of ether oxygens (including phenoxy) is 1. The van der Waals surface area contributed by atoms with Crippen LogP contribution in [0.3, 0.4) is 0 Å². The molecule has 2 aliphatic rings. The molecule has 2 aromatic carbocycles. The van der Waals surface area contributed by atoms with Gasteiger partial charge in [0.2, 0.25) is 0 Å². The molecule has 3 amide bonds. The van der Waals surface area contributed by atoms with E-state index in [2.05, 4.69) is 5.32 Å². The highest BCUT2D eigenvalue weighted by Crippen LogP contribution is 2.33. The highest BCUT2D eigenvalue weighted by atomic mass is 35.5. The first-order valence-electron chi connectivity index (χ1n) is 8.69. The lowest BCUT2D eigenvalue weighted by Crippen LogP contribution is -2.30. The summed E-state index contributed by atoms with van der Waals surface area (Å²) < 4.78 is 4.99. The average molecular weight is 399 g/mol. The minimum Gasteiger partial charge on any atom is -0.452 e. The first kappa shape index (κ1) is 18.2. The van der Waals surface area contributed by atoms with Crippen LogP contribution in [0.5, 0.6) is 0 Å². The Morgan fingerprint density at radius 3 is 2.50 bits per heavy atom. The highest BCUT2D eigenvalue weighted by Gasteiger charge is 2.38. The molecule has 1 aliphatic heterocycles. The number of rotatable bonds is 5. The van der Waals surface area contributed by atoms with Crippen LogP contribution in [-0.4, -0.2) is 36.3 Å². The normalized spacial score (nSPS) is 15.4. The van der Waals surface area contributed by atoms with E-state index >= 15 is 0 Å². The van der Waals surface area contributed by atoms with Crippen molar-refractivity contribution in [3.63, 3.8) is 0 Å². The van der Waals surface area contributed by atoms with Crippen LogP contribution in [0.15, 0.2) is 42.5 Å². The SMILES string of the molecule is O=C(COC(=O)c1ccc2c(c1)C(=O)N(c1ccccc1Cl)C2=O)NC1CC1. The summed E-state index contributed by atoms with van der Waals surface area (Å²) in [5, 5.41) is 2.97. The topological polar surface area (TPSA) is 92.8 Å². The number of fused-ring (bicyclic) bond motifs is 1. The number of imide groups is 1. The summed E-state index contributed by atoms with van der Waals surface area (Å²) in [7, 11) is 0. The molecule has 142 valence electrons. The van der Waals surface area contributed by atoms with Crippen molar-refractivity contribution in [3.8, 4) is 0 Å². The largest absolute Gasteiger partial charge is 0.452 e. The van der Waals surface area contributed by atoms with Crippen molar-refractivity contribution >= 4 is 41.0 Å². The Kier molecular flexibility index (Phi) is 4.60. The first-order valence-corrected chi connectivity index (χ1v) is 9.07. The molecule has 28 heavy (non-hydrogen) atoms. The van der Waals surface area contributed by atoms with Crippen LogP contribution in [0.25, 0.3) is 0 Å². The lowest BCUT2D eigenvalue weighted by molar-refractivity contribution is -0.124. The van der Waals surface area contributed by atoms with Crippen molar-refractivity contribution in [2.24, 2.45) is 0 Å². The molecule has 0 saturated heterocycles. The third-order valence-electron chi connectivity index (χ3n) is 4.49. The average Bonchev–Trinajstić information content (AvgIpc) is 3.46. The second-order valence-electron chi connectivity index (χ2n) is 6.58. The fourth-order valence-corrected chi connectivity index (χ4v) is 3.15. The van der Waals surface area contributed by atoms with Crippen molar-refractivity contribution in [1.29, 1.82) is 0 Å². The van der Waals surface area contributed by atoms with Crippen LogP contribution in [0.2, 0.25) is 5.02 Å². The number of nitrogens with zero attached hydrogens (tertiary/aromatic N) is 1. The van der Waals surface area contributed by atoms with E-state index in [1.807, 2.05) is 0 Å². The minimum atomic E-state index is -0.745. The van der Waals surface area contributed by atoms with Gasteiger partial charge < -0.3 is 10.1 Å². The number of para-hydroxylation sites is 1. The number of benzene rings is 2. The van der Waals surface area contributed by atoms with E-state index in [1.165, 1.54) is 18.2 Å². The summed E-state index contributed by atoms with van der Waals surface area (Å²) in [6.45, 7) is -0.398. The van der Waals surface area contributed by atoms with Gasteiger partial charge in [-0.25, -0.2) is 9.69 Å². The van der Waals surface area contributed by atoms with E-state index in [-0.39, 0.29) is 39.3 Å². The van der Waals surface area contributed by atoms with Crippen LogP contribution in [-0.2, 0) is 9.53 Å². The Hall–Kier alpha value is -3.19. The van der Waals surface area contributed by atoms with Crippen molar-refractivity contribution in [2.75, 3.05) is 11.5 Å². The molecule has 8 heteroatoms. The smallest absolute Gasteiger partial charge is 0.338 e. The standard InChI is InChI=1S/C20H15ClN2O5/c21-15-3-1-2-4-16(15)23-18(25)13-8-5-11(9-14(13)19(23)26)20(27)28-10-17(24)22-12-6-7-12/h1-5,8-9,12H,6-7,10H2,(H,22,24). The first-order chi connectivity index (χ1) is 13.5. The molecule has 0 aromatic heterocycles. The van der Waals surface area contributed by atoms with E-state index in [0.717, 1.165) is 17.7 Å². The number of amides is 3. The Morgan fingerprint density at radius 1 is 1.07 bits per heavy atom. The van der Waals surface area contributed by atoms with Gasteiger partial charge in [0, 0.05) is 6.04 Å². The third kappa shape index (κ3) is 3.36. The molecule has 2 aromatic rings. The molecule has 4 rings (SSSR count). The molecule has 0 radical (unpaired) electrons. The van der Waals surface area contributed by atoms with E-state index in [9.17, 15) is 19.2 Å². The van der Waals surface area contributed by atoms with E-state index in [4.69, 9.17) is 16.3 Å². The zero-order valence-electron chi connectivity index (χ0n) is 14.6. The summed E-state index contributed by atoms with van der Waals surface area (Å²) in [6, 6.07) is 10.8. The number of carbonyl (C=O) groups excluding carboxylic acids is 4. The number of halogens is 1. The van der Waals surface area contributed by atoms with Gasteiger partial charge >= 0.3 is 5.97 Å². The summed E-state index contributed by atoms with van der Waals surface area (Å²) in [5.74, 6) is -2.20. The second-order valence-corrected chi connectivity index (χ2v) is 6.98. The van der Waals surface area contributed by atoms with Gasteiger partial charge in [-0.15, -0.1) is 0 Å². The predicted octanol–water partition coefficient (Wildman–Crippen LogP) is 2.58. The Morgan fingerprint density at radius 2 is 1.79 bits per heavy atom. The summed E-state index contributed by atoms with van der Waals surface area (Å²) >= 11 is 6.11. The van der Waals surface area contributed by atoms with Gasteiger partial charge in [0.25, 0.3) is 17.7 Å². The zero-order chi connectivity index (χ0) is 19.8. The van der Waals surface area contributed by atoms with Crippen molar-refractivity contribution in [1.82, 2.24) is 5.32 Å². The van der Waals surface area contributed by atoms with Crippen molar-refractivity contribution in [3.05, 3.63) is 64.2 Å². The van der Waals surface area contributed by atoms with Crippen molar-refractivity contribution in [2.45, 2.75) is 18.9 Å². The molecule has 0 spiro atoms. The highest BCUT2D eigenvalue weighted by molar-refractivity contribution is 6.39. The zero-order valence-corrected chi connectivity index (χ0v) is 15.4. The van der Waals surface area contributed by atoms with Gasteiger partial charge in [0.05, 0.1) is 27.4 Å². The van der Waals surface area contributed by atoms with E-state index in [0.29, 0.717) is 0 Å². The van der Waals surface area contributed by atoms with Crippen molar-refractivity contribution < 1.29 is 23.9 Å². The van der Waals surface area contributed by atoms with Gasteiger partial charge in [-0.2, -0.15) is 0 Å². The van der Waals surface area contributed by atoms with Gasteiger partial charge in [-0.1, -0.05) is 23.7 Å². The number of hydrogen-bond donors (Lipinski definition) is 1. The molecule has 1 fully saturated rings. The fourth-order valence-electron chi connectivity index (χ4n) is 2.93. The molecule has 0 atom stereocenters. The molecule has 1 aliphatic carbocycles. The minimum absolute atomic E-state index is 0.0835. The molecule has 0 bridgehead atoms. The van der Waals surface area contributed by atoms with Crippen LogP contribution >= 0.6 is 11.6 Å². The summed E-state index contributed by atoms with van der Waals surface area (Å²) in [6.07, 6.45) is 1.87. The maximum Gasteiger partial charge on any atom is 0.338 e. The quantitative estimate of drug-likeness (QED) is 0.617. The Labute approximate surface area is 165 Å². The maximum absolute atomic E-state index is 12.8. The second kappa shape index (κ2) is 7.09. The maximum atomic E-state index is 12.8. The Bertz CT molecular complexity index is 1020. The molecule has 1 heterocycles. The Balaban J connectivity index is 1.52. The number of hydrogen-bond acceptors (Lipinski definition) is 5. The van der Waals surface area contributed by atoms with Gasteiger partial charge in [0.1, 0.15) is 0 Å². The molecular formula is C20H15ClN2O5. The molecule has 1 saturated carbocycles. The molecule has 0 unspecified atom stereocenters. The lowest BCUT2D eigenvalue weighted by atomic mass is 10.1. The summed E-state index contributed by atoms with van der Waals surface area (Å²) in [5.41, 5.74) is 0.617. The van der Waals surface area contributed by atoms with Gasteiger partial charge in [-0.3, -0.25) is 14.4 Å². The van der Waals surface area contributed by atoms with Crippen LogP contribution < -0.4 is 10.2 Å². The fraction of sp³-hybridized carbons (Fsp3) is 0.200. The van der Waals surface area contributed by atoms with Gasteiger partial charge in [0.15, 0.2) is 6.61 Å². The summed E-state index contributed by atoms with van der Waals surface area (Å²) in [4.78, 5) is 50.2. The number of anilines is 1. The van der Waals surface area contributed by atoms with Crippen LogP contribution in [0, 0.1) is 0 Å². The third-order valence-corrected chi connectivity index (χ3v) is 4.81.